The van der Waals surface area contributed by atoms with Gasteiger partial charge in [-0.05, 0) is 17.8 Å². The van der Waals surface area contributed by atoms with Crippen LogP contribution in [0.15, 0.2) is 27.0 Å². The molecule has 0 aromatic carbocycles. The number of hydrogen-bond acceptors (Lipinski definition) is 8. The summed E-state index contributed by atoms with van der Waals surface area (Å²) in [6.07, 6.45) is 1.09. The zero-order chi connectivity index (χ0) is 15.4. The Bertz CT molecular complexity index is 753. The minimum Gasteiger partial charge on any atom is -0.481 e. The van der Waals surface area contributed by atoms with Gasteiger partial charge in [-0.15, -0.1) is 11.3 Å². The Morgan fingerprint density at radius 3 is 3.00 bits per heavy atom. The number of nitro groups is 1. The highest BCUT2D eigenvalue weighted by Crippen LogP contribution is 2.36. The number of carboxylic acid groups (broad SMARTS) is 1. The molecule has 2 rings (SSSR count). The highest BCUT2D eigenvalue weighted by Gasteiger charge is 2.23. The van der Waals surface area contributed by atoms with E-state index in [1.807, 2.05) is 0 Å². The fourth-order valence-corrected chi connectivity index (χ4v) is 3.27. The van der Waals surface area contributed by atoms with Crippen molar-refractivity contribution in [1.29, 1.82) is 5.26 Å². The molecule has 0 aliphatic heterocycles. The van der Waals surface area contributed by atoms with Crippen molar-refractivity contribution < 1.29 is 14.8 Å². The van der Waals surface area contributed by atoms with E-state index in [2.05, 4.69) is 9.97 Å². The second-order valence-electron chi connectivity index (χ2n) is 3.66. The largest absolute Gasteiger partial charge is 0.481 e. The second-order valence-corrected chi connectivity index (χ2v) is 5.75. The zero-order valence-corrected chi connectivity index (χ0v) is 11.8. The molecular formula is C11H6N4O4S2. The minimum atomic E-state index is -1.01. The van der Waals surface area contributed by atoms with Crippen LogP contribution in [0, 0.1) is 21.4 Å². The Labute approximate surface area is 126 Å². The number of aliphatic carboxylic acids is 1. The van der Waals surface area contributed by atoms with Gasteiger partial charge in [0.05, 0.1) is 17.0 Å². The van der Waals surface area contributed by atoms with Crippen LogP contribution in [0.5, 0.6) is 0 Å². The zero-order valence-electron chi connectivity index (χ0n) is 10.2. The molecule has 0 unspecified atom stereocenters. The van der Waals surface area contributed by atoms with Crippen molar-refractivity contribution in [1.82, 2.24) is 9.97 Å². The summed E-state index contributed by atoms with van der Waals surface area (Å²) in [4.78, 5) is 28.9. The van der Waals surface area contributed by atoms with Gasteiger partial charge in [-0.3, -0.25) is 14.9 Å². The Hall–Kier alpha value is -2.51. The summed E-state index contributed by atoms with van der Waals surface area (Å²) in [5, 5.41) is 30.2. The summed E-state index contributed by atoms with van der Waals surface area (Å²) in [6.45, 7) is 0. The summed E-state index contributed by atoms with van der Waals surface area (Å²) in [5.74, 6) is -1.01. The number of hydrogen-bond donors (Lipinski definition) is 1. The van der Waals surface area contributed by atoms with Gasteiger partial charge in [-0.2, -0.15) is 5.26 Å². The fourth-order valence-electron chi connectivity index (χ4n) is 1.43. The molecule has 0 atom stereocenters. The molecule has 0 bridgehead atoms. The van der Waals surface area contributed by atoms with E-state index in [4.69, 9.17) is 10.4 Å². The standard InChI is InChI=1S/C11H6N4O4S2/c12-4-6-1-2-13-10(9(6)15(18)19)21-11-14-7(5-20-11)3-8(16)17/h1-2,5H,3H2,(H,16,17). The first-order valence-corrected chi connectivity index (χ1v) is 7.08. The van der Waals surface area contributed by atoms with E-state index < -0.39 is 10.9 Å². The van der Waals surface area contributed by atoms with E-state index in [9.17, 15) is 14.9 Å². The maximum atomic E-state index is 11.0. The van der Waals surface area contributed by atoms with Gasteiger partial charge >= 0.3 is 11.7 Å². The van der Waals surface area contributed by atoms with Gasteiger partial charge in [0.2, 0.25) is 0 Å². The van der Waals surface area contributed by atoms with Crippen molar-refractivity contribution in [2.75, 3.05) is 0 Å². The quantitative estimate of drug-likeness (QED) is 0.654. The van der Waals surface area contributed by atoms with Gasteiger partial charge in [0.15, 0.2) is 9.37 Å². The molecule has 2 aromatic rings. The molecule has 0 spiro atoms. The van der Waals surface area contributed by atoms with Crippen LogP contribution in [0.25, 0.3) is 0 Å². The molecule has 0 aliphatic rings. The predicted molar refractivity (Wildman–Crippen MR) is 73.2 cm³/mol. The van der Waals surface area contributed by atoms with Gasteiger partial charge in [0, 0.05) is 11.6 Å². The molecule has 0 radical (unpaired) electrons. The lowest BCUT2D eigenvalue weighted by atomic mass is 10.2. The van der Waals surface area contributed by atoms with Crippen LogP contribution in [0.1, 0.15) is 11.3 Å². The maximum Gasteiger partial charge on any atom is 0.319 e. The van der Waals surface area contributed by atoms with Gasteiger partial charge in [-0.25, -0.2) is 9.97 Å². The number of pyridine rings is 1. The van der Waals surface area contributed by atoms with Gasteiger partial charge in [0.1, 0.15) is 11.6 Å². The molecule has 0 saturated carbocycles. The van der Waals surface area contributed by atoms with Crippen LogP contribution in [-0.4, -0.2) is 26.0 Å². The molecule has 106 valence electrons. The lowest BCUT2D eigenvalue weighted by Gasteiger charge is -2.00. The molecule has 0 fully saturated rings. The van der Waals surface area contributed by atoms with E-state index in [-0.39, 0.29) is 22.7 Å². The average Bonchev–Trinajstić information content (AvgIpc) is 2.84. The van der Waals surface area contributed by atoms with Crippen LogP contribution in [0.2, 0.25) is 0 Å². The summed E-state index contributed by atoms with van der Waals surface area (Å²) in [7, 11) is 0. The smallest absolute Gasteiger partial charge is 0.319 e. The molecule has 2 heterocycles. The third-order valence-corrected chi connectivity index (χ3v) is 4.22. The van der Waals surface area contributed by atoms with Crippen molar-refractivity contribution in [2.45, 2.75) is 15.8 Å². The molecule has 10 heteroatoms. The molecule has 0 saturated heterocycles. The highest BCUT2D eigenvalue weighted by molar-refractivity contribution is 8.01. The molecule has 0 aliphatic carbocycles. The van der Waals surface area contributed by atoms with E-state index in [0.29, 0.717) is 10.0 Å². The molecule has 8 nitrogen and oxygen atoms in total. The summed E-state index contributed by atoms with van der Waals surface area (Å²) in [6, 6.07) is 3.01. The first-order valence-electron chi connectivity index (χ1n) is 5.38. The van der Waals surface area contributed by atoms with Crippen molar-refractivity contribution in [3.8, 4) is 6.07 Å². The number of carboxylic acids is 1. The molecule has 21 heavy (non-hydrogen) atoms. The Morgan fingerprint density at radius 2 is 2.38 bits per heavy atom. The van der Waals surface area contributed by atoms with Gasteiger partial charge in [0.25, 0.3) is 0 Å². The monoisotopic (exact) mass is 322 g/mol. The fraction of sp³-hybridized carbons (Fsp3) is 0.0909. The summed E-state index contributed by atoms with van der Waals surface area (Å²) < 4.78 is 0.428. The van der Waals surface area contributed by atoms with Crippen LogP contribution in [-0.2, 0) is 11.2 Å². The van der Waals surface area contributed by atoms with Crippen LogP contribution in [0.4, 0.5) is 5.69 Å². The van der Waals surface area contributed by atoms with Crippen molar-refractivity contribution in [3.63, 3.8) is 0 Å². The number of aromatic nitrogens is 2. The van der Waals surface area contributed by atoms with E-state index >= 15 is 0 Å². The Balaban J connectivity index is 2.32. The van der Waals surface area contributed by atoms with Crippen molar-refractivity contribution in [2.24, 2.45) is 0 Å². The topological polar surface area (TPSA) is 130 Å². The Kier molecular flexibility index (Phi) is 4.46. The van der Waals surface area contributed by atoms with E-state index in [0.717, 1.165) is 23.1 Å². The predicted octanol–water partition coefficient (Wildman–Crippen LogP) is 2.10. The highest BCUT2D eigenvalue weighted by atomic mass is 32.2. The van der Waals surface area contributed by atoms with E-state index in [1.165, 1.54) is 12.3 Å². The third kappa shape index (κ3) is 3.53. The third-order valence-electron chi connectivity index (χ3n) is 2.24. The average molecular weight is 322 g/mol. The first-order chi connectivity index (χ1) is 10.0. The van der Waals surface area contributed by atoms with Crippen LogP contribution < -0.4 is 0 Å². The number of carbonyl (C=O) groups is 1. The lowest BCUT2D eigenvalue weighted by molar-refractivity contribution is -0.388. The van der Waals surface area contributed by atoms with E-state index in [1.54, 1.807) is 11.4 Å². The van der Waals surface area contributed by atoms with Crippen LogP contribution in [0.3, 0.4) is 0 Å². The second kappa shape index (κ2) is 6.29. The van der Waals surface area contributed by atoms with Gasteiger partial charge in [-0.1, -0.05) is 0 Å². The number of rotatable bonds is 5. The molecule has 2 aromatic heterocycles. The SMILES string of the molecule is N#Cc1ccnc(Sc2nc(CC(=O)O)cs2)c1[N+](=O)[O-]. The van der Waals surface area contributed by atoms with Crippen molar-refractivity contribution in [3.05, 3.63) is 39.0 Å². The number of nitrogens with zero attached hydrogens (tertiary/aromatic N) is 4. The van der Waals surface area contributed by atoms with Crippen molar-refractivity contribution >= 4 is 34.8 Å². The lowest BCUT2D eigenvalue weighted by Crippen LogP contribution is -2.00. The molecule has 0 amide bonds. The summed E-state index contributed by atoms with van der Waals surface area (Å²) >= 11 is 2.09. The molecular weight excluding hydrogens is 316 g/mol. The first kappa shape index (κ1) is 14.9. The maximum absolute atomic E-state index is 11.0. The minimum absolute atomic E-state index is 0.0512. The molecule has 1 N–H and O–H groups in total. The van der Waals surface area contributed by atoms with Gasteiger partial charge < -0.3 is 5.11 Å². The Morgan fingerprint density at radius 1 is 1.62 bits per heavy atom. The number of thiazole rings is 1. The number of nitriles is 1. The van der Waals surface area contributed by atoms with Crippen LogP contribution >= 0.6 is 23.1 Å². The normalized spacial score (nSPS) is 10.0. The summed E-state index contributed by atoms with van der Waals surface area (Å²) in [5.41, 5.74) is -0.0890.